The Morgan fingerprint density at radius 1 is 0.323 bits per heavy atom. The van der Waals surface area contributed by atoms with Gasteiger partial charge in [0, 0.05) is 21.8 Å². The second kappa shape index (κ2) is 24.4. The van der Waals surface area contributed by atoms with Gasteiger partial charge in [0.1, 0.15) is 0 Å². The Kier molecular flexibility index (Phi) is 31.0. The molecule has 0 aromatic carbocycles. The molecule has 0 radical (unpaired) electrons. The van der Waals surface area contributed by atoms with Crippen molar-refractivity contribution in [2.45, 2.75) is 83.1 Å². The Hall–Kier alpha value is 1.23. The summed E-state index contributed by atoms with van der Waals surface area (Å²) in [4.78, 5) is 0. The molecule has 0 heterocycles. The SMILES string of the molecule is CC[P+](CC)(CC)CC.CC[P+](CC)(CC)CC.CC[P+](CC)(CC)CC.[O-]B([O-])[O-]. The lowest BCUT2D eigenvalue weighted by Gasteiger charge is -2.35. The van der Waals surface area contributed by atoms with Crippen molar-refractivity contribution in [3.8, 4) is 0 Å². The summed E-state index contributed by atoms with van der Waals surface area (Å²) >= 11 is 0. The molecule has 0 aliphatic carbocycles. The molecule has 0 aliphatic rings. The minimum Gasteiger partial charge on any atom is -0.907 e. The third kappa shape index (κ3) is 19.3. The predicted octanol–water partition coefficient (Wildman–Crippen LogP) is 5.30. The van der Waals surface area contributed by atoms with Crippen LogP contribution < -0.4 is 15.1 Å². The van der Waals surface area contributed by atoms with Gasteiger partial charge in [-0.05, 0) is 83.1 Å². The second-order valence-electron chi connectivity index (χ2n) is 8.11. The lowest BCUT2D eigenvalue weighted by atomic mass is 10.3. The quantitative estimate of drug-likeness (QED) is 0.270. The van der Waals surface area contributed by atoms with Crippen LogP contribution in [0.15, 0.2) is 0 Å². The zero-order valence-electron chi connectivity index (χ0n) is 23.6. The molecule has 0 N–H and O–H groups in total. The molecule has 0 rings (SSSR count). The van der Waals surface area contributed by atoms with Crippen LogP contribution in [0.25, 0.3) is 0 Å². The van der Waals surface area contributed by atoms with Crippen LogP contribution in [0, 0.1) is 0 Å². The van der Waals surface area contributed by atoms with E-state index in [1.54, 1.807) is 0 Å². The summed E-state index contributed by atoms with van der Waals surface area (Å²) in [6, 6.07) is 0. The summed E-state index contributed by atoms with van der Waals surface area (Å²) in [5.41, 5.74) is 0. The average Bonchev–Trinajstić information content (AvgIpc) is 2.80. The van der Waals surface area contributed by atoms with E-state index in [0.29, 0.717) is 0 Å². The fraction of sp³-hybridized carbons (Fsp3) is 1.00. The third-order valence-corrected chi connectivity index (χ3v) is 24.1. The Balaban J connectivity index is -0.000000162. The molecule has 0 atom stereocenters. The van der Waals surface area contributed by atoms with E-state index >= 15 is 0 Å². The molecular formula is C24H60BO3P3. The van der Waals surface area contributed by atoms with Gasteiger partial charge >= 0.3 is 0 Å². The molecule has 192 valence electrons. The first-order valence-electron chi connectivity index (χ1n) is 13.0. The normalized spacial score (nSPS) is 11.3. The number of hydrogen-bond donors (Lipinski definition) is 0. The van der Waals surface area contributed by atoms with Crippen molar-refractivity contribution >= 4 is 29.1 Å². The van der Waals surface area contributed by atoms with Crippen molar-refractivity contribution in [1.82, 2.24) is 0 Å². The van der Waals surface area contributed by atoms with Crippen LogP contribution in [-0.2, 0) is 0 Å². The van der Waals surface area contributed by atoms with Gasteiger partial charge in [0.05, 0.1) is 73.9 Å². The van der Waals surface area contributed by atoms with E-state index in [9.17, 15) is 0 Å². The van der Waals surface area contributed by atoms with E-state index in [2.05, 4.69) is 83.1 Å². The van der Waals surface area contributed by atoms with Gasteiger partial charge in [-0.1, -0.05) is 0 Å². The fourth-order valence-corrected chi connectivity index (χ4v) is 12.1. The molecule has 0 aromatic heterocycles. The highest BCUT2D eigenvalue weighted by Crippen LogP contribution is 2.58. The standard InChI is InChI=1S/3C8H20P.BO3/c3*1-5-9(6-2,7-3)8-4;2-1(3)4/h3*5-8H2,1-4H3;/q3*+1;-3. The molecule has 0 bridgehead atoms. The molecule has 0 saturated carbocycles. The van der Waals surface area contributed by atoms with Gasteiger partial charge in [0.2, 0.25) is 0 Å². The molecule has 0 spiro atoms. The zero-order chi connectivity index (χ0) is 25.6. The van der Waals surface area contributed by atoms with E-state index in [4.69, 9.17) is 15.1 Å². The molecular weight excluding hydrogens is 440 g/mol. The van der Waals surface area contributed by atoms with Crippen LogP contribution in [0.5, 0.6) is 0 Å². The minimum absolute atomic E-state index is 0.420. The molecule has 0 saturated heterocycles. The molecule has 0 amide bonds. The zero-order valence-corrected chi connectivity index (χ0v) is 26.3. The fourth-order valence-electron chi connectivity index (χ4n) is 4.02. The van der Waals surface area contributed by atoms with Crippen molar-refractivity contribution in [3.63, 3.8) is 0 Å². The first kappa shape index (κ1) is 39.4. The van der Waals surface area contributed by atoms with E-state index in [-0.39, 0.29) is 0 Å². The first-order chi connectivity index (χ1) is 14.5. The second-order valence-corrected chi connectivity index (χ2v) is 23.7. The van der Waals surface area contributed by atoms with Crippen molar-refractivity contribution in [1.29, 1.82) is 0 Å². The molecule has 0 fully saturated rings. The molecule has 31 heavy (non-hydrogen) atoms. The van der Waals surface area contributed by atoms with Crippen LogP contribution in [0.4, 0.5) is 0 Å². The van der Waals surface area contributed by atoms with E-state index in [1.807, 2.05) is 0 Å². The van der Waals surface area contributed by atoms with Gasteiger partial charge < -0.3 is 15.1 Å². The van der Waals surface area contributed by atoms with Gasteiger partial charge in [-0.2, -0.15) is 0 Å². The minimum atomic E-state index is -2.92. The van der Waals surface area contributed by atoms with Gasteiger partial charge in [0.15, 0.2) is 0 Å². The molecule has 3 nitrogen and oxygen atoms in total. The monoisotopic (exact) mass is 500 g/mol. The molecule has 0 aromatic rings. The maximum absolute atomic E-state index is 8.42. The predicted molar refractivity (Wildman–Crippen MR) is 153 cm³/mol. The van der Waals surface area contributed by atoms with Crippen molar-refractivity contribution in [2.24, 2.45) is 0 Å². The van der Waals surface area contributed by atoms with Crippen LogP contribution in [0.3, 0.4) is 0 Å². The Morgan fingerprint density at radius 3 is 0.387 bits per heavy atom. The van der Waals surface area contributed by atoms with E-state index in [1.165, 1.54) is 73.9 Å². The summed E-state index contributed by atoms with van der Waals surface area (Å²) < 4.78 is 0. The summed E-state index contributed by atoms with van der Waals surface area (Å²) in [5.74, 6) is 0. The summed E-state index contributed by atoms with van der Waals surface area (Å²) in [7, 11) is -4.18. The Morgan fingerprint density at radius 2 is 0.387 bits per heavy atom. The molecule has 7 heteroatoms. The number of rotatable bonds is 12. The average molecular weight is 500 g/mol. The highest BCUT2D eigenvalue weighted by atomic mass is 31.2. The van der Waals surface area contributed by atoms with Gasteiger partial charge in [-0.25, -0.2) is 0 Å². The van der Waals surface area contributed by atoms with Gasteiger partial charge in [0.25, 0.3) is 0 Å². The van der Waals surface area contributed by atoms with Crippen LogP contribution in [0.1, 0.15) is 83.1 Å². The topological polar surface area (TPSA) is 69.2 Å². The van der Waals surface area contributed by atoms with Crippen molar-refractivity contribution in [3.05, 3.63) is 0 Å². The molecule has 0 unspecified atom stereocenters. The summed E-state index contributed by atoms with van der Waals surface area (Å²) in [6.45, 7) is 28.2. The smallest absolute Gasteiger partial charge is 0.0565 e. The van der Waals surface area contributed by atoms with Crippen LogP contribution >= 0.6 is 21.8 Å². The van der Waals surface area contributed by atoms with E-state index < -0.39 is 29.1 Å². The molecule has 0 aliphatic heterocycles. The lowest BCUT2D eigenvalue weighted by Crippen LogP contribution is -2.56. The third-order valence-electron chi connectivity index (χ3n) is 8.05. The largest absolute Gasteiger partial charge is 0.907 e. The maximum Gasteiger partial charge on any atom is 0.0565 e. The summed E-state index contributed by atoms with van der Waals surface area (Å²) in [5, 5.41) is 25.2. The van der Waals surface area contributed by atoms with Crippen molar-refractivity contribution < 1.29 is 15.1 Å². The summed E-state index contributed by atoms with van der Waals surface area (Å²) in [6.07, 6.45) is 17.5. The Labute approximate surface area is 201 Å². The highest BCUT2D eigenvalue weighted by molar-refractivity contribution is 7.76. The van der Waals surface area contributed by atoms with Gasteiger partial charge in [-0.3, -0.25) is 7.32 Å². The Bertz CT molecular complexity index is 244. The first-order valence-corrected chi connectivity index (χ1v) is 20.6. The van der Waals surface area contributed by atoms with Gasteiger partial charge in [-0.15, -0.1) is 0 Å². The number of hydrogen-bond acceptors (Lipinski definition) is 3. The van der Waals surface area contributed by atoms with Crippen molar-refractivity contribution in [2.75, 3.05) is 73.9 Å². The highest BCUT2D eigenvalue weighted by Gasteiger charge is 2.29. The lowest BCUT2D eigenvalue weighted by molar-refractivity contribution is -0.479. The van der Waals surface area contributed by atoms with E-state index in [0.717, 1.165) is 0 Å². The van der Waals surface area contributed by atoms with Crippen LogP contribution in [0.2, 0.25) is 0 Å². The maximum atomic E-state index is 8.42. The van der Waals surface area contributed by atoms with Crippen LogP contribution in [-0.4, -0.2) is 81.3 Å².